The molecule has 0 rings (SSSR count). The highest BCUT2D eigenvalue weighted by molar-refractivity contribution is 5.21. The Kier molecular flexibility index (Phi) is 4.38. The van der Waals surface area contributed by atoms with Crippen LogP contribution >= 0.6 is 0 Å². The Hall–Kier alpha value is -0.980. The fraction of sp³-hybridized carbons (Fsp3) is 0.333. The molecule has 0 heterocycles. The summed E-state index contributed by atoms with van der Waals surface area (Å²) in [6.07, 6.45) is 7.69. The minimum atomic E-state index is 0.795. The summed E-state index contributed by atoms with van der Waals surface area (Å²) in [4.78, 5) is 0. The van der Waals surface area contributed by atoms with Crippen LogP contribution in [0.15, 0.2) is 35.6 Å². The van der Waals surface area contributed by atoms with E-state index in [1.807, 2.05) is 45.1 Å². The second kappa shape index (κ2) is 4.86. The monoisotopic (exact) mass is 137 g/mol. The van der Waals surface area contributed by atoms with Gasteiger partial charge in [-0.05, 0) is 32.9 Å². The molecule has 56 valence electrons. The van der Waals surface area contributed by atoms with Gasteiger partial charge in [0.25, 0.3) is 0 Å². The molecule has 0 bridgehead atoms. The summed E-state index contributed by atoms with van der Waals surface area (Å²) < 4.78 is 0. The van der Waals surface area contributed by atoms with E-state index in [1.165, 1.54) is 5.57 Å². The molecule has 0 radical (unpaired) electrons. The van der Waals surface area contributed by atoms with Gasteiger partial charge in [0, 0.05) is 5.70 Å². The lowest BCUT2D eigenvalue weighted by Crippen LogP contribution is -1.90. The first kappa shape index (κ1) is 9.02. The number of hydrogen-bond acceptors (Lipinski definition) is 1. The summed E-state index contributed by atoms with van der Waals surface area (Å²) in [5.74, 6) is 0. The van der Waals surface area contributed by atoms with Crippen molar-refractivity contribution in [3.05, 3.63) is 35.6 Å². The smallest absolute Gasteiger partial charge is 0.0310 e. The van der Waals surface area contributed by atoms with Gasteiger partial charge in [-0.3, -0.25) is 0 Å². The maximum atomic E-state index is 5.56. The lowest BCUT2D eigenvalue weighted by atomic mass is 10.3. The van der Waals surface area contributed by atoms with Crippen molar-refractivity contribution in [2.24, 2.45) is 5.73 Å². The first-order valence-corrected chi connectivity index (χ1v) is 3.40. The van der Waals surface area contributed by atoms with Crippen molar-refractivity contribution in [2.75, 3.05) is 0 Å². The SMILES string of the molecule is C/C=C\C(N)=C/C=C(C)C. The molecule has 1 nitrogen and oxygen atoms in total. The summed E-state index contributed by atoms with van der Waals surface area (Å²) in [5, 5.41) is 0. The van der Waals surface area contributed by atoms with E-state index in [2.05, 4.69) is 0 Å². The molecular weight excluding hydrogens is 122 g/mol. The average Bonchev–Trinajstić information content (AvgIpc) is 1.85. The molecule has 0 aliphatic carbocycles. The van der Waals surface area contributed by atoms with Crippen molar-refractivity contribution in [1.82, 2.24) is 0 Å². The van der Waals surface area contributed by atoms with Gasteiger partial charge < -0.3 is 5.73 Å². The van der Waals surface area contributed by atoms with Crippen LogP contribution in [0, 0.1) is 0 Å². The van der Waals surface area contributed by atoms with Crippen LogP contribution < -0.4 is 5.73 Å². The molecule has 0 unspecified atom stereocenters. The van der Waals surface area contributed by atoms with Crippen molar-refractivity contribution in [3.8, 4) is 0 Å². The minimum absolute atomic E-state index is 0.795. The van der Waals surface area contributed by atoms with Crippen LogP contribution in [0.5, 0.6) is 0 Å². The third-order valence-electron chi connectivity index (χ3n) is 0.968. The number of rotatable bonds is 2. The summed E-state index contributed by atoms with van der Waals surface area (Å²) in [5.41, 5.74) is 7.61. The zero-order valence-electron chi connectivity index (χ0n) is 6.89. The van der Waals surface area contributed by atoms with Gasteiger partial charge >= 0.3 is 0 Å². The molecule has 0 aromatic carbocycles. The molecule has 0 aliphatic rings. The minimum Gasteiger partial charge on any atom is -0.399 e. The predicted octanol–water partition coefficient (Wildman–Crippen LogP) is 2.37. The van der Waals surface area contributed by atoms with Crippen molar-refractivity contribution >= 4 is 0 Å². The normalized spacial score (nSPS) is 12.1. The van der Waals surface area contributed by atoms with Crippen LogP contribution in [0.3, 0.4) is 0 Å². The van der Waals surface area contributed by atoms with Gasteiger partial charge in [-0.25, -0.2) is 0 Å². The van der Waals surface area contributed by atoms with Crippen molar-refractivity contribution < 1.29 is 0 Å². The predicted molar refractivity (Wildman–Crippen MR) is 46.5 cm³/mol. The number of hydrogen-bond donors (Lipinski definition) is 1. The molecule has 0 aliphatic heterocycles. The lowest BCUT2D eigenvalue weighted by molar-refractivity contribution is 1.36. The van der Waals surface area contributed by atoms with Crippen LogP contribution in [0.25, 0.3) is 0 Å². The highest BCUT2D eigenvalue weighted by Crippen LogP contribution is 1.92. The van der Waals surface area contributed by atoms with Crippen LogP contribution in [0.2, 0.25) is 0 Å². The Labute approximate surface area is 62.9 Å². The Balaban J connectivity index is 4.05. The second-order valence-electron chi connectivity index (χ2n) is 2.41. The third-order valence-corrected chi connectivity index (χ3v) is 0.968. The van der Waals surface area contributed by atoms with Gasteiger partial charge in [0.15, 0.2) is 0 Å². The topological polar surface area (TPSA) is 26.0 Å². The molecule has 0 amide bonds. The van der Waals surface area contributed by atoms with E-state index >= 15 is 0 Å². The molecular formula is C9H15N. The van der Waals surface area contributed by atoms with Crippen molar-refractivity contribution in [2.45, 2.75) is 20.8 Å². The van der Waals surface area contributed by atoms with Gasteiger partial charge in [-0.15, -0.1) is 0 Å². The van der Waals surface area contributed by atoms with Crippen molar-refractivity contribution in [3.63, 3.8) is 0 Å². The number of allylic oxidation sites excluding steroid dienone is 5. The Morgan fingerprint density at radius 3 is 2.20 bits per heavy atom. The summed E-state index contributed by atoms with van der Waals surface area (Å²) >= 11 is 0. The molecule has 0 saturated heterocycles. The van der Waals surface area contributed by atoms with Crippen LogP contribution in [0.1, 0.15) is 20.8 Å². The largest absolute Gasteiger partial charge is 0.399 e. The summed E-state index contributed by atoms with van der Waals surface area (Å²) in [6, 6.07) is 0. The summed E-state index contributed by atoms with van der Waals surface area (Å²) in [6.45, 7) is 6.03. The third kappa shape index (κ3) is 5.16. The standard InChI is InChI=1S/C9H15N/c1-4-5-9(10)7-6-8(2)3/h4-7H,10H2,1-3H3/b5-4-,9-7+. The van der Waals surface area contributed by atoms with Crippen molar-refractivity contribution in [1.29, 1.82) is 0 Å². The van der Waals surface area contributed by atoms with Gasteiger partial charge in [-0.2, -0.15) is 0 Å². The first-order valence-electron chi connectivity index (χ1n) is 3.40. The van der Waals surface area contributed by atoms with E-state index in [1.54, 1.807) is 0 Å². The molecule has 0 atom stereocenters. The molecule has 0 spiro atoms. The maximum absolute atomic E-state index is 5.56. The summed E-state index contributed by atoms with van der Waals surface area (Å²) in [7, 11) is 0. The average molecular weight is 137 g/mol. The highest BCUT2D eigenvalue weighted by atomic mass is 14.5. The first-order chi connectivity index (χ1) is 4.66. The molecule has 2 N–H and O–H groups in total. The van der Waals surface area contributed by atoms with E-state index in [-0.39, 0.29) is 0 Å². The van der Waals surface area contributed by atoms with Gasteiger partial charge in [0.1, 0.15) is 0 Å². The Bertz CT molecular complexity index is 169. The second-order valence-corrected chi connectivity index (χ2v) is 2.41. The Morgan fingerprint density at radius 2 is 1.80 bits per heavy atom. The van der Waals surface area contributed by atoms with E-state index < -0.39 is 0 Å². The molecule has 10 heavy (non-hydrogen) atoms. The molecule has 0 aromatic heterocycles. The zero-order valence-corrected chi connectivity index (χ0v) is 6.89. The fourth-order valence-electron chi connectivity index (χ4n) is 0.511. The van der Waals surface area contributed by atoms with Crippen LogP contribution in [0.4, 0.5) is 0 Å². The lowest BCUT2D eigenvalue weighted by Gasteiger charge is -1.88. The fourth-order valence-corrected chi connectivity index (χ4v) is 0.511. The molecule has 1 heteroatoms. The quantitative estimate of drug-likeness (QED) is 0.581. The van der Waals surface area contributed by atoms with E-state index in [9.17, 15) is 0 Å². The Morgan fingerprint density at radius 1 is 1.20 bits per heavy atom. The van der Waals surface area contributed by atoms with E-state index in [4.69, 9.17) is 5.73 Å². The molecule has 0 aromatic rings. The maximum Gasteiger partial charge on any atom is 0.0310 e. The molecule has 0 fully saturated rings. The van der Waals surface area contributed by atoms with Crippen LogP contribution in [-0.2, 0) is 0 Å². The van der Waals surface area contributed by atoms with E-state index in [0.717, 1.165) is 5.70 Å². The van der Waals surface area contributed by atoms with Crippen LogP contribution in [-0.4, -0.2) is 0 Å². The van der Waals surface area contributed by atoms with E-state index in [0.29, 0.717) is 0 Å². The molecule has 0 saturated carbocycles. The highest BCUT2D eigenvalue weighted by Gasteiger charge is 1.76. The van der Waals surface area contributed by atoms with Gasteiger partial charge in [0.2, 0.25) is 0 Å². The zero-order chi connectivity index (χ0) is 7.98. The van der Waals surface area contributed by atoms with Gasteiger partial charge in [0.05, 0.1) is 0 Å². The van der Waals surface area contributed by atoms with Gasteiger partial charge in [-0.1, -0.05) is 17.7 Å². The number of nitrogens with two attached hydrogens (primary N) is 1.